The predicted molar refractivity (Wildman–Crippen MR) is 66.2 cm³/mol. The first-order valence-electron chi connectivity index (χ1n) is 6.00. The van der Waals surface area contributed by atoms with Crippen molar-refractivity contribution in [1.29, 1.82) is 0 Å². The van der Waals surface area contributed by atoms with Crippen molar-refractivity contribution in [3.05, 3.63) is 0 Å². The normalized spacial score (nSPS) is 15.2. The van der Waals surface area contributed by atoms with Crippen LogP contribution >= 0.6 is 0 Å². The van der Waals surface area contributed by atoms with E-state index in [1.54, 1.807) is 6.92 Å². The van der Waals surface area contributed by atoms with Crippen LogP contribution in [0, 0.1) is 5.92 Å². The SMILES string of the molecule is CC(C)CNC(=O)C(C)N(C)CCC(C)O. The largest absolute Gasteiger partial charge is 0.393 e. The van der Waals surface area contributed by atoms with Gasteiger partial charge in [-0.2, -0.15) is 0 Å². The monoisotopic (exact) mass is 230 g/mol. The van der Waals surface area contributed by atoms with Crippen LogP contribution in [-0.4, -0.2) is 48.2 Å². The summed E-state index contributed by atoms with van der Waals surface area (Å²) < 4.78 is 0. The molecule has 1 amide bonds. The second kappa shape index (κ2) is 7.63. The first-order valence-corrected chi connectivity index (χ1v) is 6.00. The lowest BCUT2D eigenvalue weighted by atomic mass is 10.2. The van der Waals surface area contributed by atoms with Crippen LogP contribution in [0.15, 0.2) is 0 Å². The van der Waals surface area contributed by atoms with Gasteiger partial charge >= 0.3 is 0 Å². The number of likely N-dealkylation sites (N-methyl/N-ethyl adjacent to an activating group) is 1. The maximum Gasteiger partial charge on any atom is 0.237 e. The highest BCUT2D eigenvalue weighted by atomic mass is 16.3. The molecule has 16 heavy (non-hydrogen) atoms. The van der Waals surface area contributed by atoms with Crippen molar-refractivity contribution in [1.82, 2.24) is 10.2 Å². The lowest BCUT2D eigenvalue weighted by Crippen LogP contribution is -2.44. The number of carbonyl (C=O) groups is 1. The first-order chi connectivity index (χ1) is 7.34. The Morgan fingerprint density at radius 3 is 2.31 bits per heavy atom. The van der Waals surface area contributed by atoms with Crippen LogP contribution in [0.25, 0.3) is 0 Å². The Morgan fingerprint density at radius 1 is 1.31 bits per heavy atom. The van der Waals surface area contributed by atoms with Crippen LogP contribution in [0.1, 0.15) is 34.1 Å². The van der Waals surface area contributed by atoms with Gasteiger partial charge in [-0.05, 0) is 33.2 Å². The van der Waals surface area contributed by atoms with Crippen LogP contribution in [-0.2, 0) is 4.79 Å². The lowest BCUT2D eigenvalue weighted by Gasteiger charge is -2.24. The molecule has 2 N–H and O–H groups in total. The Bertz CT molecular complexity index is 205. The highest BCUT2D eigenvalue weighted by molar-refractivity contribution is 5.81. The molecular formula is C12H26N2O2. The molecule has 0 aromatic rings. The highest BCUT2D eigenvalue weighted by Crippen LogP contribution is 2.00. The van der Waals surface area contributed by atoms with Crippen molar-refractivity contribution in [2.24, 2.45) is 5.92 Å². The minimum Gasteiger partial charge on any atom is -0.393 e. The zero-order chi connectivity index (χ0) is 12.7. The molecule has 96 valence electrons. The van der Waals surface area contributed by atoms with Crippen molar-refractivity contribution in [3.63, 3.8) is 0 Å². The van der Waals surface area contributed by atoms with E-state index in [0.717, 1.165) is 6.54 Å². The van der Waals surface area contributed by atoms with Gasteiger partial charge in [-0.25, -0.2) is 0 Å². The van der Waals surface area contributed by atoms with Crippen molar-refractivity contribution < 1.29 is 9.90 Å². The third kappa shape index (κ3) is 6.80. The van der Waals surface area contributed by atoms with Gasteiger partial charge in [-0.15, -0.1) is 0 Å². The molecule has 0 bridgehead atoms. The van der Waals surface area contributed by atoms with Gasteiger partial charge in [0.2, 0.25) is 5.91 Å². The van der Waals surface area contributed by atoms with Crippen LogP contribution in [0.2, 0.25) is 0 Å². The van der Waals surface area contributed by atoms with E-state index in [1.165, 1.54) is 0 Å². The second-order valence-electron chi connectivity index (χ2n) is 4.93. The van der Waals surface area contributed by atoms with E-state index in [4.69, 9.17) is 0 Å². The van der Waals surface area contributed by atoms with Crippen LogP contribution in [0.5, 0.6) is 0 Å². The van der Waals surface area contributed by atoms with E-state index in [9.17, 15) is 9.90 Å². The van der Waals surface area contributed by atoms with Crippen LogP contribution < -0.4 is 5.32 Å². The van der Waals surface area contributed by atoms with Gasteiger partial charge in [-0.1, -0.05) is 13.8 Å². The number of rotatable bonds is 7. The summed E-state index contributed by atoms with van der Waals surface area (Å²) >= 11 is 0. The number of hydrogen-bond donors (Lipinski definition) is 2. The number of amides is 1. The summed E-state index contributed by atoms with van der Waals surface area (Å²) in [5.41, 5.74) is 0. The number of aliphatic hydroxyl groups excluding tert-OH is 1. The Labute approximate surface area is 99.0 Å². The van der Waals surface area contributed by atoms with Crippen LogP contribution in [0.4, 0.5) is 0 Å². The molecule has 0 aromatic carbocycles. The van der Waals surface area contributed by atoms with E-state index in [1.807, 2.05) is 18.9 Å². The maximum atomic E-state index is 11.7. The quantitative estimate of drug-likeness (QED) is 0.682. The molecule has 0 spiro atoms. The van der Waals surface area contributed by atoms with E-state index in [2.05, 4.69) is 19.2 Å². The Balaban J connectivity index is 3.91. The third-order valence-electron chi connectivity index (χ3n) is 2.62. The van der Waals surface area contributed by atoms with Gasteiger partial charge in [0.05, 0.1) is 12.1 Å². The third-order valence-corrected chi connectivity index (χ3v) is 2.62. The molecule has 0 saturated heterocycles. The van der Waals surface area contributed by atoms with Gasteiger partial charge in [0.25, 0.3) is 0 Å². The summed E-state index contributed by atoms with van der Waals surface area (Å²) in [6, 6.07) is -0.141. The standard InChI is InChI=1S/C12H26N2O2/c1-9(2)8-13-12(16)11(4)14(5)7-6-10(3)15/h9-11,15H,6-8H2,1-5H3,(H,13,16). The summed E-state index contributed by atoms with van der Waals surface area (Å²) in [6.07, 6.45) is 0.381. The van der Waals surface area contributed by atoms with E-state index in [-0.39, 0.29) is 18.1 Å². The van der Waals surface area contributed by atoms with Crippen molar-refractivity contribution in [2.45, 2.75) is 46.3 Å². The average molecular weight is 230 g/mol. The van der Waals surface area contributed by atoms with Gasteiger partial charge in [0.1, 0.15) is 0 Å². The fourth-order valence-electron chi connectivity index (χ4n) is 1.24. The topological polar surface area (TPSA) is 52.6 Å². The second-order valence-corrected chi connectivity index (χ2v) is 4.93. The fourth-order valence-corrected chi connectivity index (χ4v) is 1.24. The zero-order valence-electron chi connectivity index (χ0n) is 11.2. The first kappa shape index (κ1) is 15.4. The number of nitrogens with zero attached hydrogens (tertiary/aromatic N) is 1. The number of aliphatic hydroxyl groups is 1. The number of nitrogens with one attached hydrogen (secondary N) is 1. The Hall–Kier alpha value is -0.610. The molecule has 0 aliphatic heterocycles. The molecule has 2 atom stereocenters. The lowest BCUT2D eigenvalue weighted by molar-refractivity contribution is -0.125. The molecule has 0 fully saturated rings. The van der Waals surface area contributed by atoms with Gasteiger partial charge in [0, 0.05) is 13.1 Å². The molecule has 0 radical (unpaired) electrons. The Kier molecular flexibility index (Phi) is 7.34. The number of carbonyl (C=O) groups excluding carboxylic acids is 1. The smallest absolute Gasteiger partial charge is 0.237 e. The molecule has 4 heteroatoms. The molecule has 0 saturated carbocycles. The summed E-state index contributed by atoms with van der Waals surface area (Å²) in [7, 11) is 1.90. The zero-order valence-corrected chi connectivity index (χ0v) is 11.2. The van der Waals surface area contributed by atoms with Gasteiger partial charge in [0.15, 0.2) is 0 Å². The van der Waals surface area contributed by atoms with Gasteiger partial charge < -0.3 is 10.4 Å². The number of hydrogen-bond acceptors (Lipinski definition) is 3. The average Bonchev–Trinajstić information content (AvgIpc) is 2.21. The summed E-state index contributed by atoms with van der Waals surface area (Å²) in [5.74, 6) is 0.528. The molecular weight excluding hydrogens is 204 g/mol. The minimum atomic E-state index is -0.312. The van der Waals surface area contributed by atoms with E-state index < -0.39 is 0 Å². The summed E-state index contributed by atoms with van der Waals surface area (Å²) in [5, 5.41) is 12.1. The molecule has 2 unspecified atom stereocenters. The van der Waals surface area contributed by atoms with Crippen molar-refractivity contribution in [3.8, 4) is 0 Å². The molecule has 0 rings (SSSR count). The molecule has 0 heterocycles. The van der Waals surface area contributed by atoms with Crippen molar-refractivity contribution >= 4 is 5.91 Å². The molecule has 0 aliphatic carbocycles. The highest BCUT2D eigenvalue weighted by Gasteiger charge is 2.17. The van der Waals surface area contributed by atoms with E-state index in [0.29, 0.717) is 18.9 Å². The van der Waals surface area contributed by atoms with E-state index >= 15 is 0 Å². The molecule has 0 aromatic heterocycles. The fraction of sp³-hybridized carbons (Fsp3) is 0.917. The predicted octanol–water partition coefficient (Wildman–Crippen LogP) is 0.850. The van der Waals surface area contributed by atoms with Crippen molar-refractivity contribution in [2.75, 3.05) is 20.1 Å². The maximum absolute atomic E-state index is 11.7. The molecule has 0 aliphatic rings. The summed E-state index contributed by atoms with van der Waals surface area (Å²) in [4.78, 5) is 13.7. The minimum absolute atomic E-state index is 0.0572. The Morgan fingerprint density at radius 2 is 1.88 bits per heavy atom. The van der Waals surface area contributed by atoms with Gasteiger partial charge in [-0.3, -0.25) is 9.69 Å². The summed E-state index contributed by atoms with van der Waals surface area (Å²) in [6.45, 7) is 9.24. The van der Waals surface area contributed by atoms with Crippen LogP contribution in [0.3, 0.4) is 0 Å². The molecule has 4 nitrogen and oxygen atoms in total.